The number of fused-ring (bicyclic) bond motifs is 2. The minimum absolute atomic E-state index is 0.205. The van der Waals surface area contributed by atoms with E-state index in [4.69, 9.17) is 0 Å². The Morgan fingerprint density at radius 1 is 0.688 bits per heavy atom. The summed E-state index contributed by atoms with van der Waals surface area (Å²) < 4.78 is 0. The third-order valence-electron chi connectivity index (χ3n) is 8.70. The quantitative estimate of drug-likeness (QED) is 0.533. The first-order chi connectivity index (χ1) is 15.4. The lowest BCUT2D eigenvalue weighted by atomic mass is 9.48. The van der Waals surface area contributed by atoms with Crippen LogP contribution in [0.4, 0.5) is 0 Å². The monoisotopic (exact) mass is 418 g/mol. The minimum atomic E-state index is -0.779. The zero-order valence-corrected chi connectivity index (χ0v) is 18.6. The summed E-state index contributed by atoms with van der Waals surface area (Å²) in [5.74, 6) is -0.244. The maximum absolute atomic E-state index is 14.5. The van der Waals surface area contributed by atoms with Gasteiger partial charge in [0, 0.05) is 11.3 Å². The van der Waals surface area contributed by atoms with Crippen LogP contribution in [0.15, 0.2) is 96.6 Å². The average Bonchev–Trinajstić information content (AvgIpc) is 3.42. The van der Waals surface area contributed by atoms with Gasteiger partial charge in [0.2, 0.25) is 0 Å². The van der Waals surface area contributed by atoms with Crippen LogP contribution in [0, 0.1) is 22.7 Å². The van der Waals surface area contributed by atoms with Crippen LogP contribution in [0.1, 0.15) is 37.5 Å². The van der Waals surface area contributed by atoms with Crippen LogP contribution in [0.5, 0.6) is 0 Å². The van der Waals surface area contributed by atoms with Crippen molar-refractivity contribution < 1.29 is 9.59 Å². The van der Waals surface area contributed by atoms with Gasteiger partial charge < -0.3 is 0 Å². The molecule has 3 aromatic carbocycles. The number of carbonyl (C=O) groups is 2. The van der Waals surface area contributed by atoms with Crippen LogP contribution in [-0.4, -0.2) is 11.6 Å². The topological polar surface area (TPSA) is 34.1 Å². The lowest BCUT2D eigenvalue weighted by Crippen LogP contribution is -2.56. The number of benzene rings is 3. The molecule has 4 atom stereocenters. The van der Waals surface area contributed by atoms with E-state index in [2.05, 4.69) is 36.4 Å². The van der Waals surface area contributed by atoms with Crippen molar-refractivity contribution in [1.82, 2.24) is 0 Å². The smallest absolute Gasteiger partial charge is 0.152 e. The molecule has 0 heterocycles. The highest BCUT2D eigenvalue weighted by Gasteiger charge is 2.87. The van der Waals surface area contributed by atoms with Gasteiger partial charge in [-0.1, -0.05) is 103 Å². The molecule has 6 rings (SSSR count). The van der Waals surface area contributed by atoms with Gasteiger partial charge in [-0.05, 0) is 36.1 Å². The molecule has 0 bridgehead atoms. The zero-order valence-electron chi connectivity index (χ0n) is 18.6. The Labute approximate surface area is 189 Å². The maximum atomic E-state index is 14.5. The molecule has 3 aliphatic carbocycles. The summed E-state index contributed by atoms with van der Waals surface area (Å²) in [6, 6.07) is 30.5. The molecule has 2 saturated carbocycles. The fourth-order valence-corrected chi connectivity index (χ4v) is 7.56. The van der Waals surface area contributed by atoms with E-state index in [9.17, 15) is 9.59 Å². The summed E-state index contributed by atoms with van der Waals surface area (Å²) in [6.45, 7) is 6.08. The summed E-state index contributed by atoms with van der Waals surface area (Å²) in [7, 11) is 0. The Morgan fingerprint density at radius 2 is 1.16 bits per heavy atom. The van der Waals surface area contributed by atoms with E-state index in [1.54, 1.807) is 0 Å². The molecule has 3 aliphatic rings. The molecule has 2 nitrogen and oxygen atoms in total. The Morgan fingerprint density at radius 3 is 1.66 bits per heavy atom. The van der Waals surface area contributed by atoms with Gasteiger partial charge in [-0.3, -0.25) is 9.59 Å². The van der Waals surface area contributed by atoms with Gasteiger partial charge in [0.25, 0.3) is 0 Å². The molecule has 2 fully saturated rings. The lowest BCUT2D eigenvalue weighted by molar-refractivity contribution is -0.145. The molecule has 0 aliphatic heterocycles. The first kappa shape index (κ1) is 19.4. The molecule has 3 aromatic rings. The van der Waals surface area contributed by atoms with Crippen LogP contribution < -0.4 is 0 Å². The number of rotatable bonds is 3. The van der Waals surface area contributed by atoms with Gasteiger partial charge in [0.15, 0.2) is 5.78 Å². The number of hydrogen-bond donors (Lipinski definition) is 0. The molecule has 32 heavy (non-hydrogen) atoms. The van der Waals surface area contributed by atoms with Crippen LogP contribution in [0.2, 0.25) is 0 Å². The maximum Gasteiger partial charge on any atom is 0.152 e. The summed E-state index contributed by atoms with van der Waals surface area (Å²) in [4.78, 5) is 28.7. The van der Waals surface area contributed by atoms with Gasteiger partial charge in [0.1, 0.15) is 5.78 Å². The largest absolute Gasteiger partial charge is 0.299 e. The van der Waals surface area contributed by atoms with Crippen molar-refractivity contribution in [2.24, 2.45) is 22.7 Å². The molecule has 0 aromatic heterocycles. The van der Waals surface area contributed by atoms with E-state index in [-0.39, 0.29) is 23.4 Å². The second-order valence-electron chi connectivity index (χ2n) is 9.97. The van der Waals surface area contributed by atoms with E-state index in [1.165, 1.54) is 0 Å². The van der Waals surface area contributed by atoms with E-state index < -0.39 is 16.2 Å². The van der Waals surface area contributed by atoms with E-state index in [0.717, 1.165) is 27.8 Å². The predicted octanol–water partition coefficient (Wildman–Crippen LogP) is 5.87. The first-order valence-electron chi connectivity index (χ1n) is 11.4. The number of ketones is 2. The fraction of sp³-hybridized carbons (Fsp3) is 0.267. The molecule has 0 spiro atoms. The van der Waals surface area contributed by atoms with Gasteiger partial charge in [0.05, 0.1) is 16.7 Å². The normalized spacial score (nSPS) is 32.1. The van der Waals surface area contributed by atoms with Gasteiger partial charge >= 0.3 is 0 Å². The number of carbonyl (C=O) groups excluding carboxylic acids is 2. The molecular weight excluding hydrogens is 392 g/mol. The van der Waals surface area contributed by atoms with Crippen molar-refractivity contribution in [3.8, 4) is 0 Å². The number of Topliss-reactive ketones (excluding diaryl/α,β-unsaturated/α-hetero) is 2. The number of hydrogen-bond acceptors (Lipinski definition) is 2. The average molecular weight is 419 g/mol. The molecule has 0 amide bonds. The van der Waals surface area contributed by atoms with Crippen molar-refractivity contribution in [2.45, 2.75) is 26.2 Å². The van der Waals surface area contributed by atoms with Crippen LogP contribution in [0.3, 0.4) is 0 Å². The predicted molar refractivity (Wildman–Crippen MR) is 126 cm³/mol. The molecular formula is C30H26O2. The SMILES string of the molecule is CC1=C(c2ccccc2)C2(C)C(=O)C3(C)C(C(=O)C12)C3(c1ccccc1)c1ccccc1. The molecule has 158 valence electrons. The third kappa shape index (κ3) is 1.93. The first-order valence-corrected chi connectivity index (χ1v) is 11.4. The molecule has 0 saturated heterocycles. The minimum Gasteiger partial charge on any atom is -0.299 e. The highest BCUT2D eigenvalue weighted by molar-refractivity contribution is 6.21. The zero-order chi connectivity index (χ0) is 22.3. The van der Waals surface area contributed by atoms with Crippen molar-refractivity contribution in [1.29, 1.82) is 0 Å². The third-order valence-corrected chi connectivity index (χ3v) is 8.70. The fourth-order valence-electron chi connectivity index (χ4n) is 7.56. The summed E-state index contributed by atoms with van der Waals surface area (Å²) in [6.07, 6.45) is 0. The van der Waals surface area contributed by atoms with E-state index >= 15 is 0 Å². The highest BCUT2D eigenvalue weighted by atomic mass is 16.2. The van der Waals surface area contributed by atoms with Gasteiger partial charge in [-0.2, -0.15) is 0 Å². The van der Waals surface area contributed by atoms with E-state index in [1.807, 2.05) is 75.4 Å². The second kappa shape index (κ2) is 6.16. The molecule has 2 heteroatoms. The Hall–Kier alpha value is -3.26. The summed E-state index contributed by atoms with van der Waals surface area (Å²) >= 11 is 0. The molecule has 0 N–H and O–H groups in total. The molecule has 4 unspecified atom stereocenters. The van der Waals surface area contributed by atoms with Crippen LogP contribution in [-0.2, 0) is 15.0 Å². The second-order valence-corrected chi connectivity index (χ2v) is 9.97. The van der Waals surface area contributed by atoms with Crippen LogP contribution in [0.25, 0.3) is 5.57 Å². The van der Waals surface area contributed by atoms with Crippen LogP contribution >= 0.6 is 0 Å². The molecule has 0 radical (unpaired) electrons. The standard InChI is InChI=1S/C30H26O2/c1-19-23(20-13-7-4-8-14-20)28(2)24(19)25(31)26-29(3,27(28)32)30(26,21-15-9-5-10-16-21)22-17-11-6-12-18-22/h4-18,24,26H,1-3H3. The Bertz CT molecular complexity index is 1250. The van der Waals surface area contributed by atoms with Gasteiger partial charge in [-0.15, -0.1) is 0 Å². The highest BCUT2D eigenvalue weighted by Crippen LogP contribution is 2.81. The van der Waals surface area contributed by atoms with Gasteiger partial charge in [-0.25, -0.2) is 0 Å². The van der Waals surface area contributed by atoms with Crippen molar-refractivity contribution in [2.75, 3.05) is 0 Å². The van der Waals surface area contributed by atoms with E-state index in [0.29, 0.717) is 0 Å². The van der Waals surface area contributed by atoms with Crippen molar-refractivity contribution >= 4 is 17.1 Å². The summed E-state index contributed by atoms with van der Waals surface area (Å²) in [5, 5.41) is 0. The Kier molecular flexibility index (Phi) is 3.74. The number of allylic oxidation sites excluding steroid dienone is 2. The van der Waals surface area contributed by atoms with Crippen molar-refractivity contribution in [3.63, 3.8) is 0 Å². The van der Waals surface area contributed by atoms with Crippen molar-refractivity contribution in [3.05, 3.63) is 113 Å². The lowest BCUT2D eigenvalue weighted by Gasteiger charge is -2.52. The summed E-state index contributed by atoms with van der Waals surface area (Å²) in [5.41, 5.74) is 3.11. The Balaban J connectivity index is 1.59.